The number of hydrogen-bond acceptors (Lipinski definition) is 5. The number of halogens is 3. The lowest BCUT2D eigenvalue weighted by molar-refractivity contribution is -0.139. The highest BCUT2D eigenvalue weighted by Crippen LogP contribution is 2.39. The third-order valence-electron chi connectivity index (χ3n) is 5.37. The van der Waals surface area contributed by atoms with E-state index in [1.54, 1.807) is 56.0 Å². The maximum atomic E-state index is 13.9. The molecule has 0 N–H and O–H groups in total. The lowest BCUT2D eigenvalue weighted by Crippen LogP contribution is -2.21. The number of imidazole rings is 1. The number of nitriles is 1. The molecule has 0 bridgehead atoms. The van der Waals surface area contributed by atoms with Gasteiger partial charge >= 0.3 is 6.18 Å². The molecular weight excluding hydrogens is 459 g/mol. The molecule has 2 aromatic heterocycles. The first-order chi connectivity index (χ1) is 16.6. The van der Waals surface area contributed by atoms with E-state index >= 15 is 0 Å². The number of aryl methyl sites for hydroxylation is 1. The van der Waals surface area contributed by atoms with Crippen molar-refractivity contribution in [3.63, 3.8) is 0 Å². The Labute approximate surface area is 199 Å². The number of carbonyl (C=O) groups excluding carboxylic acids is 1. The van der Waals surface area contributed by atoms with Gasteiger partial charge in [0.05, 0.1) is 23.1 Å². The largest absolute Gasteiger partial charge is 0.488 e. The molecule has 0 aliphatic carbocycles. The molecule has 4 rings (SSSR count). The predicted octanol–water partition coefficient (Wildman–Crippen LogP) is 4.81. The molecule has 7 nitrogen and oxygen atoms in total. The first kappa shape index (κ1) is 23.8. The van der Waals surface area contributed by atoms with Crippen LogP contribution in [0.2, 0.25) is 0 Å². The van der Waals surface area contributed by atoms with Crippen LogP contribution in [0.1, 0.15) is 27.2 Å². The zero-order chi connectivity index (χ0) is 25.3. The number of aromatic nitrogens is 3. The van der Waals surface area contributed by atoms with Gasteiger partial charge in [-0.2, -0.15) is 18.4 Å². The summed E-state index contributed by atoms with van der Waals surface area (Å²) in [6, 6.07) is 13.7. The fourth-order valence-corrected chi connectivity index (χ4v) is 3.60. The molecule has 2 heterocycles. The van der Waals surface area contributed by atoms with Crippen LogP contribution >= 0.6 is 0 Å². The zero-order valence-electron chi connectivity index (χ0n) is 19.1. The van der Waals surface area contributed by atoms with E-state index in [0.29, 0.717) is 22.2 Å². The van der Waals surface area contributed by atoms with Gasteiger partial charge in [0.15, 0.2) is 5.69 Å². The summed E-state index contributed by atoms with van der Waals surface area (Å²) in [5.74, 6) is -0.575. The van der Waals surface area contributed by atoms with E-state index in [1.165, 1.54) is 23.4 Å². The van der Waals surface area contributed by atoms with Crippen LogP contribution in [0, 0.1) is 11.3 Å². The number of ether oxygens (including phenoxy) is 1. The van der Waals surface area contributed by atoms with Crippen LogP contribution in [-0.2, 0) is 19.8 Å². The molecule has 0 unspecified atom stereocenters. The van der Waals surface area contributed by atoms with Crippen LogP contribution in [0.25, 0.3) is 22.3 Å². The number of fused-ring (bicyclic) bond motifs is 1. The molecule has 0 spiro atoms. The smallest absolute Gasteiger partial charge is 0.419 e. The lowest BCUT2D eigenvalue weighted by Gasteiger charge is -2.16. The van der Waals surface area contributed by atoms with Crippen molar-refractivity contribution >= 4 is 16.9 Å². The summed E-state index contributed by atoms with van der Waals surface area (Å²) in [5.41, 5.74) is 1.37. The third-order valence-corrected chi connectivity index (χ3v) is 5.37. The Bertz CT molecular complexity index is 1470. The topological polar surface area (TPSA) is 84.0 Å². The standard InChI is InChI=1S/C25H20F3N5O2/c1-32(2)24(34)17-6-4-5-15(9-17)13-35-22-8-7-16(10-18(22)25(26,27)28)19-11-21-23(20(12-29)31-19)30-14-33(21)3/h4-11,14H,13H2,1-3H3. The highest BCUT2D eigenvalue weighted by atomic mass is 19.4. The fraction of sp³-hybridized carbons (Fsp3) is 0.200. The molecule has 1 amide bonds. The molecule has 0 fully saturated rings. The number of hydrogen-bond donors (Lipinski definition) is 0. The number of nitrogens with zero attached hydrogens (tertiary/aromatic N) is 5. The molecule has 178 valence electrons. The summed E-state index contributed by atoms with van der Waals surface area (Å²) in [7, 11) is 4.95. The van der Waals surface area contributed by atoms with E-state index in [-0.39, 0.29) is 35.2 Å². The second-order valence-corrected chi connectivity index (χ2v) is 8.09. The fourth-order valence-electron chi connectivity index (χ4n) is 3.60. The monoisotopic (exact) mass is 479 g/mol. The van der Waals surface area contributed by atoms with Gasteiger partial charge in [-0.25, -0.2) is 9.97 Å². The van der Waals surface area contributed by atoms with Gasteiger partial charge in [-0.3, -0.25) is 4.79 Å². The molecule has 0 radical (unpaired) electrons. The SMILES string of the molecule is CN(C)C(=O)c1cccc(COc2ccc(-c3cc4c(ncn4C)c(C#N)n3)cc2C(F)(F)F)c1. The Hall–Kier alpha value is -4.39. The second-order valence-electron chi connectivity index (χ2n) is 8.09. The van der Waals surface area contributed by atoms with E-state index in [4.69, 9.17) is 4.74 Å². The number of alkyl halides is 3. The van der Waals surface area contributed by atoms with Crippen molar-refractivity contribution in [2.75, 3.05) is 14.1 Å². The van der Waals surface area contributed by atoms with Crippen LogP contribution in [-0.4, -0.2) is 39.4 Å². The zero-order valence-corrected chi connectivity index (χ0v) is 19.1. The number of amides is 1. The van der Waals surface area contributed by atoms with E-state index in [2.05, 4.69) is 9.97 Å². The quantitative estimate of drug-likeness (QED) is 0.410. The maximum absolute atomic E-state index is 13.9. The maximum Gasteiger partial charge on any atom is 0.419 e. The Morgan fingerprint density at radius 2 is 1.94 bits per heavy atom. The van der Waals surface area contributed by atoms with E-state index < -0.39 is 11.7 Å². The first-order valence-corrected chi connectivity index (χ1v) is 10.5. The van der Waals surface area contributed by atoms with Crippen molar-refractivity contribution in [3.05, 3.63) is 77.2 Å². The minimum absolute atomic E-state index is 0.0270. The van der Waals surface area contributed by atoms with Crippen LogP contribution in [0.15, 0.2) is 54.9 Å². The predicted molar refractivity (Wildman–Crippen MR) is 122 cm³/mol. The molecule has 0 aliphatic rings. The van der Waals surface area contributed by atoms with Gasteiger partial charge in [-0.15, -0.1) is 0 Å². The van der Waals surface area contributed by atoms with Crippen LogP contribution in [0.3, 0.4) is 0 Å². The molecule has 0 saturated carbocycles. The summed E-state index contributed by atoms with van der Waals surface area (Å²) in [5, 5.41) is 9.42. The van der Waals surface area contributed by atoms with Crippen LogP contribution < -0.4 is 4.74 Å². The summed E-state index contributed by atoms with van der Waals surface area (Å²) in [4.78, 5) is 21.9. The summed E-state index contributed by atoms with van der Waals surface area (Å²) >= 11 is 0. The van der Waals surface area contributed by atoms with Crippen molar-refractivity contribution in [2.24, 2.45) is 7.05 Å². The van der Waals surface area contributed by atoms with Crippen LogP contribution in [0.4, 0.5) is 13.2 Å². The van der Waals surface area contributed by atoms with Gasteiger partial charge in [-0.05, 0) is 42.0 Å². The Kier molecular flexibility index (Phi) is 6.18. The number of rotatable bonds is 5. The van der Waals surface area contributed by atoms with Gasteiger partial charge < -0.3 is 14.2 Å². The molecule has 0 aliphatic heterocycles. The van der Waals surface area contributed by atoms with Crippen molar-refractivity contribution in [1.29, 1.82) is 5.26 Å². The minimum atomic E-state index is -4.69. The average Bonchev–Trinajstić information content (AvgIpc) is 3.21. The lowest BCUT2D eigenvalue weighted by atomic mass is 10.0. The summed E-state index contributed by atoms with van der Waals surface area (Å²) < 4.78 is 49.0. The van der Waals surface area contributed by atoms with Gasteiger partial charge in [0.2, 0.25) is 0 Å². The Balaban J connectivity index is 1.68. The summed E-state index contributed by atoms with van der Waals surface area (Å²) in [6.07, 6.45) is -3.18. The Morgan fingerprint density at radius 3 is 2.63 bits per heavy atom. The number of benzene rings is 2. The van der Waals surface area contributed by atoms with E-state index in [1.807, 2.05) is 6.07 Å². The average molecular weight is 479 g/mol. The number of carbonyl (C=O) groups is 1. The third kappa shape index (κ3) is 4.80. The van der Waals surface area contributed by atoms with E-state index in [9.17, 15) is 23.2 Å². The number of pyridine rings is 1. The van der Waals surface area contributed by atoms with Crippen molar-refractivity contribution < 1.29 is 22.7 Å². The van der Waals surface area contributed by atoms with Crippen molar-refractivity contribution in [1.82, 2.24) is 19.4 Å². The minimum Gasteiger partial charge on any atom is -0.488 e. The Morgan fingerprint density at radius 1 is 1.17 bits per heavy atom. The van der Waals surface area contributed by atoms with Gasteiger partial charge in [0.1, 0.15) is 23.9 Å². The van der Waals surface area contributed by atoms with Gasteiger partial charge in [0, 0.05) is 32.3 Å². The molecular formula is C25H20F3N5O2. The summed E-state index contributed by atoms with van der Waals surface area (Å²) in [6.45, 7) is -0.158. The van der Waals surface area contributed by atoms with E-state index in [0.717, 1.165) is 6.07 Å². The van der Waals surface area contributed by atoms with Gasteiger partial charge in [-0.1, -0.05) is 12.1 Å². The molecule has 2 aromatic carbocycles. The van der Waals surface area contributed by atoms with Crippen molar-refractivity contribution in [3.8, 4) is 23.1 Å². The molecule has 4 aromatic rings. The molecule has 0 saturated heterocycles. The highest BCUT2D eigenvalue weighted by molar-refractivity contribution is 5.94. The molecule has 0 atom stereocenters. The van der Waals surface area contributed by atoms with Crippen LogP contribution in [0.5, 0.6) is 5.75 Å². The van der Waals surface area contributed by atoms with Gasteiger partial charge in [0.25, 0.3) is 5.91 Å². The molecule has 10 heteroatoms. The molecule has 35 heavy (non-hydrogen) atoms. The second kappa shape index (κ2) is 9.10. The first-order valence-electron chi connectivity index (χ1n) is 10.5. The highest BCUT2D eigenvalue weighted by Gasteiger charge is 2.35. The normalized spacial score (nSPS) is 11.3. The van der Waals surface area contributed by atoms with Crippen molar-refractivity contribution in [2.45, 2.75) is 12.8 Å².